The fourth-order valence-corrected chi connectivity index (χ4v) is 11.5. The molecule has 0 N–H and O–H groups in total. The van der Waals surface area contributed by atoms with Crippen molar-refractivity contribution in [2.45, 2.75) is 28.2 Å². The van der Waals surface area contributed by atoms with Gasteiger partial charge in [0.15, 0.2) is 0 Å². The van der Waals surface area contributed by atoms with Crippen LogP contribution in [0.3, 0.4) is 0 Å². The van der Waals surface area contributed by atoms with E-state index in [9.17, 15) is 9.59 Å². The predicted octanol–water partition coefficient (Wildman–Crippen LogP) is 2.91. The standard InChI is InChI=1S/C21H17Br2N3O2/c22-21(23)9-6-19-14-11-12-13(11)16(20(14,19)7-10(9)21)26-18(28)24(8-4-2-1-3-5-8)17(27)25(26)15(12)19/h1-5,9-16H,6-7H2/t9-,10+,11?,12-,13-,14?,15-,16-,19+,20-/m0/s1. The Bertz CT molecular complexity index is 1200. The summed E-state index contributed by atoms with van der Waals surface area (Å²) in [6.45, 7) is 0. The molecule has 2 bridgehead atoms. The molecule has 2 unspecified atom stereocenters. The molecule has 6 aliphatic carbocycles. The molecule has 1 aromatic carbocycles. The Morgan fingerprint density at radius 3 is 1.89 bits per heavy atom. The van der Waals surface area contributed by atoms with Crippen molar-refractivity contribution in [3.05, 3.63) is 51.3 Å². The minimum atomic E-state index is -0.118. The number of fused-ring (bicyclic) bond motifs is 1. The average Bonchev–Trinajstić information content (AvgIpc) is 3.56. The van der Waals surface area contributed by atoms with E-state index in [2.05, 4.69) is 31.9 Å². The maximum atomic E-state index is 13.5. The SMILES string of the molecule is O=c1n(-c2ccccc2)c(=O)n2n1[C@H]1[C@H]3C4C5[C@@]16C[C@@H]1[C@H](C[C@]56[C@@H]2[C@@H]43)C1(Br)Br. The zero-order valence-corrected chi connectivity index (χ0v) is 18.0. The third-order valence-corrected chi connectivity index (χ3v) is 12.6. The van der Waals surface area contributed by atoms with E-state index < -0.39 is 0 Å². The molecule has 2 spiro atoms. The van der Waals surface area contributed by atoms with Gasteiger partial charge in [-0.3, -0.25) is 0 Å². The lowest BCUT2D eigenvalue weighted by molar-refractivity contribution is -0.0268. The van der Waals surface area contributed by atoms with E-state index in [-0.39, 0.29) is 37.5 Å². The number of hydrogen-bond acceptors (Lipinski definition) is 2. The maximum absolute atomic E-state index is 13.5. The number of nitrogens with zero attached hydrogens (tertiary/aromatic N) is 3. The van der Waals surface area contributed by atoms with Crippen LogP contribution in [0.1, 0.15) is 24.9 Å². The zero-order valence-electron chi connectivity index (χ0n) is 14.8. The fraction of sp³-hybridized carbons (Fsp3) is 0.619. The molecule has 0 saturated heterocycles. The number of aromatic nitrogens is 3. The molecule has 142 valence electrons. The Hall–Kier alpha value is -1.08. The van der Waals surface area contributed by atoms with Gasteiger partial charge in [0.25, 0.3) is 0 Å². The second kappa shape index (κ2) is 3.70. The van der Waals surface area contributed by atoms with E-state index in [4.69, 9.17) is 0 Å². The van der Waals surface area contributed by atoms with Crippen molar-refractivity contribution in [1.82, 2.24) is 13.9 Å². The van der Waals surface area contributed by atoms with E-state index >= 15 is 0 Å². The van der Waals surface area contributed by atoms with Crippen LogP contribution in [-0.2, 0) is 0 Å². The average molecular weight is 503 g/mol. The first-order valence-electron chi connectivity index (χ1n) is 10.4. The van der Waals surface area contributed by atoms with Crippen LogP contribution in [0, 0.1) is 46.3 Å². The summed E-state index contributed by atoms with van der Waals surface area (Å²) in [5, 5.41) is 0. The number of alkyl halides is 2. The molecule has 2 aliphatic heterocycles. The highest BCUT2D eigenvalue weighted by Gasteiger charge is 3.05. The van der Waals surface area contributed by atoms with Gasteiger partial charge >= 0.3 is 11.4 Å². The van der Waals surface area contributed by atoms with Gasteiger partial charge < -0.3 is 0 Å². The van der Waals surface area contributed by atoms with Crippen molar-refractivity contribution < 1.29 is 0 Å². The molecule has 5 nitrogen and oxygen atoms in total. The Morgan fingerprint density at radius 1 is 0.821 bits per heavy atom. The van der Waals surface area contributed by atoms with E-state index in [0.29, 0.717) is 29.4 Å². The molecule has 7 heteroatoms. The molecule has 10 rings (SSSR count). The fourth-order valence-electron chi connectivity index (χ4n) is 9.81. The Balaban J connectivity index is 1.33. The van der Waals surface area contributed by atoms with Crippen molar-refractivity contribution in [2.24, 2.45) is 46.3 Å². The summed E-state index contributed by atoms with van der Waals surface area (Å²) < 4.78 is 5.38. The van der Waals surface area contributed by atoms with Crippen molar-refractivity contribution in [1.29, 1.82) is 0 Å². The lowest BCUT2D eigenvalue weighted by Gasteiger charge is -2.50. The molecule has 6 saturated carbocycles. The van der Waals surface area contributed by atoms with Gasteiger partial charge in [-0.2, -0.15) is 0 Å². The van der Waals surface area contributed by atoms with Gasteiger partial charge in [-0.15, -0.1) is 0 Å². The summed E-state index contributed by atoms with van der Waals surface area (Å²) in [5.41, 5.74) is 1.03. The highest BCUT2D eigenvalue weighted by atomic mass is 79.9. The topological polar surface area (TPSA) is 48.9 Å². The van der Waals surface area contributed by atoms with Crippen LogP contribution in [0.5, 0.6) is 0 Å². The van der Waals surface area contributed by atoms with Gasteiger partial charge in [0.1, 0.15) is 0 Å². The molecular formula is C21H17Br2N3O2. The van der Waals surface area contributed by atoms with Crippen LogP contribution in [0.15, 0.2) is 39.9 Å². The third-order valence-electron chi connectivity index (χ3n) is 10.3. The summed E-state index contributed by atoms with van der Waals surface area (Å²) in [4.78, 5) is 27.1. The summed E-state index contributed by atoms with van der Waals surface area (Å²) in [6.07, 6.45) is 2.44. The smallest absolute Gasteiger partial charge is 0.245 e. The molecular weight excluding hydrogens is 486 g/mol. The molecule has 3 heterocycles. The molecule has 6 fully saturated rings. The van der Waals surface area contributed by atoms with Crippen molar-refractivity contribution in [3.63, 3.8) is 0 Å². The van der Waals surface area contributed by atoms with Gasteiger partial charge in [-0.25, -0.2) is 23.5 Å². The molecule has 0 amide bonds. The first kappa shape index (κ1) is 14.8. The molecule has 10 atom stereocenters. The van der Waals surface area contributed by atoms with E-state index in [1.807, 2.05) is 39.7 Å². The van der Waals surface area contributed by atoms with Crippen LogP contribution >= 0.6 is 31.9 Å². The maximum Gasteiger partial charge on any atom is 0.352 e. The van der Waals surface area contributed by atoms with E-state index in [1.165, 1.54) is 17.4 Å². The Labute approximate surface area is 176 Å². The number of halogens is 2. The van der Waals surface area contributed by atoms with Gasteiger partial charge in [0.2, 0.25) is 0 Å². The number of benzene rings is 1. The number of hydrogen-bond donors (Lipinski definition) is 0. The second-order valence-electron chi connectivity index (χ2n) is 10.4. The Morgan fingerprint density at radius 2 is 1.36 bits per heavy atom. The van der Waals surface area contributed by atoms with Crippen LogP contribution in [-0.4, -0.2) is 17.2 Å². The normalized spacial score (nSPS) is 55.4. The summed E-state index contributed by atoms with van der Waals surface area (Å²) in [7, 11) is 0. The van der Waals surface area contributed by atoms with Crippen LogP contribution in [0.2, 0.25) is 0 Å². The number of para-hydroxylation sites is 1. The first-order valence-corrected chi connectivity index (χ1v) is 12.0. The zero-order chi connectivity index (χ0) is 18.5. The molecule has 8 aliphatic rings. The lowest BCUT2D eigenvalue weighted by atomic mass is 9.65. The van der Waals surface area contributed by atoms with E-state index in [1.54, 1.807) is 0 Å². The molecule has 2 aromatic rings. The monoisotopic (exact) mass is 501 g/mol. The highest BCUT2D eigenvalue weighted by Crippen LogP contribution is 3.06. The van der Waals surface area contributed by atoms with Crippen LogP contribution < -0.4 is 11.4 Å². The summed E-state index contributed by atoms with van der Waals surface area (Å²) in [5.74, 6) is 4.20. The minimum absolute atomic E-state index is 0.0980. The molecule has 28 heavy (non-hydrogen) atoms. The highest BCUT2D eigenvalue weighted by molar-refractivity contribution is 9.25. The lowest BCUT2D eigenvalue weighted by Crippen LogP contribution is -2.53. The van der Waals surface area contributed by atoms with E-state index in [0.717, 1.165) is 11.8 Å². The second-order valence-corrected chi connectivity index (χ2v) is 14.1. The van der Waals surface area contributed by atoms with Gasteiger partial charge in [0, 0.05) is 10.8 Å². The summed E-state index contributed by atoms with van der Waals surface area (Å²) >= 11 is 7.86. The minimum Gasteiger partial charge on any atom is -0.245 e. The van der Waals surface area contributed by atoms with Crippen molar-refractivity contribution >= 4 is 31.9 Å². The molecule has 0 radical (unpaired) electrons. The van der Waals surface area contributed by atoms with Crippen LogP contribution in [0.25, 0.3) is 5.69 Å². The number of rotatable bonds is 1. The quantitative estimate of drug-likeness (QED) is 0.563. The largest absolute Gasteiger partial charge is 0.352 e. The summed E-state index contributed by atoms with van der Waals surface area (Å²) in [6, 6.07) is 9.95. The third kappa shape index (κ3) is 1.06. The molecule has 1 aromatic heterocycles. The Kier molecular flexibility index (Phi) is 1.96. The van der Waals surface area contributed by atoms with Gasteiger partial charge in [-0.05, 0) is 60.5 Å². The van der Waals surface area contributed by atoms with Crippen molar-refractivity contribution in [2.75, 3.05) is 0 Å². The van der Waals surface area contributed by atoms with Crippen molar-refractivity contribution in [3.8, 4) is 5.69 Å². The predicted molar refractivity (Wildman–Crippen MR) is 108 cm³/mol. The van der Waals surface area contributed by atoms with Gasteiger partial charge in [0.05, 0.1) is 21.0 Å². The van der Waals surface area contributed by atoms with Crippen LogP contribution in [0.4, 0.5) is 0 Å². The van der Waals surface area contributed by atoms with Gasteiger partial charge in [-0.1, -0.05) is 50.1 Å². The first-order chi connectivity index (χ1) is 13.5.